The fourth-order valence-electron chi connectivity index (χ4n) is 0.922. The maximum absolute atomic E-state index is 4.26. The molecular weight excluding hydrogens is 236 g/mol. The molecule has 0 aromatic carbocycles. The van der Waals surface area contributed by atoms with Crippen molar-refractivity contribution in [1.82, 2.24) is 9.97 Å². The van der Waals surface area contributed by atoms with Crippen LogP contribution >= 0.6 is 12.4 Å². The summed E-state index contributed by atoms with van der Waals surface area (Å²) in [6, 6.07) is 11.9. The molecule has 4 heteroatoms. The van der Waals surface area contributed by atoms with Gasteiger partial charge in [-0.2, -0.15) is 0 Å². The van der Waals surface area contributed by atoms with Gasteiger partial charge in [-0.1, -0.05) is 0 Å². The molecule has 0 unspecified atom stereocenters. The van der Waals surface area contributed by atoms with Crippen LogP contribution in [-0.4, -0.2) is 9.97 Å². The van der Waals surface area contributed by atoms with E-state index >= 15 is 0 Å². The fourth-order valence-corrected chi connectivity index (χ4v) is 2.07. The standard InChI is InChI=1S/2C5H4N.ClH.Cr/c2*1-2-4-6-5-3-1;;/h2*1-4H;1H;. The quantitative estimate of drug-likeness (QED) is 0.786. The van der Waals surface area contributed by atoms with E-state index in [1.54, 1.807) is 0 Å². The van der Waals surface area contributed by atoms with Crippen LogP contribution in [0, 0.1) is 0 Å². The van der Waals surface area contributed by atoms with Crippen LogP contribution in [0.1, 0.15) is 0 Å². The maximum atomic E-state index is 4.26. The molecule has 14 heavy (non-hydrogen) atoms. The normalized spacial score (nSPS) is 9.14. The monoisotopic (exact) mass is 244 g/mol. The van der Waals surface area contributed by atoms with E-state index in [0.29, 0.717) is 0 Å². The van der Waals surface area contributed by atoms with Gasteiger partial charge in [-0.25, -0.2) is 0 Å². The number of pyridine rings is 2. The molecule has 72 valence electrons. The summed E-state index contributed by atoms with van der Waals surface area (Å²) in [4.78, 5) is 8.52. The van der Waals surface area contributed by atoms with Gasteiger partial charge in [0.05, 0.1) is 0 Å². The Bertz CT molecular complexity index is 329. The third-order valence-corrected chi connectivity index (χ3v) is 2.89. The molecule has 0 aliphatic carbocycles. The van der Waals surface area contributed by atoms with Gasteiger partial charge in [0.25, 0.3) is 0 Å². The van der Waals surface area contributed by atoms with E-state index in [0.717, 1.165) is 9.11 Å². The van der Waals surface area contributed by atoms with Crippen molar-refractivity contribution in [1.29, 1.82) is 0 Å². The SMILES string of the molecule is Cl.c1cc[c]([Cr][c]2ccccn2)nc1. The van der Waals surface area contributed by atoms with E-state index in [2.05, 4.69) is 9.97 Å². The Morgan fingerprint density at radius 3 is 1.64 bits per heavy atom. The van der Waals surface area contributed by atoms with Crippen LogP contribution in [-0.2, 0) is 15.2 Å². The topological polar surface area (TPSA) is 25.8 Å². The molecule has 0 saturated carbocycles. The molecule has 0 saturated heterocycles. The molecule has 2 aromatic heterocycles. The Balaban J connectivity index is 0.000000980. The van der Waals surface area contributed by atoms with Crippen molar-refractivity contribution in [3.05, 3.63) is 48.8 Å². The Hall–Kier alpha value is -0.878. The van der Waals surface area contributed by atoms with Crippen molar-refractivity contribution >= 4 is 21.5 Å². The molecule has 2 heterocycles. The Morgan fingerprint density at radius 2 is 1.29 bits per heavy atom. The second kappa shape index (κ2) is 5.77. The predicted molar refractivity (Wildman–Crippen MR) is 55.0 cm³/mol. The van der Waals surface area contributed by atoms with Gasteiger partial charge >= 0.3 is 83.1 Å². The van der Waals surface area contributed by atoms with Crippen molar-refractivity contribution in [3.8, 4) is 0 Å². The van der Waals surface area contributed by atoms with Crippen LogP contribution in [0.25, 0.3) is 0 Å². The molecule has 2 rings (SSSR count). The minimum absolute atomic E-state index is 0. The van der Waals surface area contributed by atoms with E-state index in [-0.39, 0.29) is 27.6 Å². The summed E-state index contributed by atoms with van der Waals surface area (Å²) in [5.74, 6) is 0. The van der Waals surface area contributed by atoms with Gasteiger partial charge in [-0.15, -0.1) is 12.4 Å². The van der Waals surface area contributed by atoms with Gasteiger partial charge in [-0.05, 0) is 0 Å². The van der Waals surface area contributed by atoms with E-state index in [1.165, 1.54) is 0 Å². The first-order chi connectivity index (χ1) is 6.45. The van der Waals surface area contributed by atoms with Gasteiger partial charge in [0, 0.05) is 0 Å². The Kier molecular flexibility index (Phi) is 4.61. The summed E-state index contributed by atoms with van der Waals surface area (Å²) in [5, 5.41) is 0. The first kappa shape index (κ1) is 11.2. The molecule has 2 nitrogen and oxygen atoms in total. The minimum atomic E-state index is 0. The third kappa shape index (κ3) is 3.12. The zero-order valence-electron chi connectivity index (χ0n) is 7.33. The molecule has 0 atom stereocenters. The zero-order valence-corrected chi connectivity index (χ0v) is 9.42. The number of hydrogen-bond donors (Lipinski definition) is 0. The third-order valence-electron chi connectivity index (χ3n) is 1.48. The average Bonchev–Trinajstić information content (AvgIpc) is 2.21. The summed E-state index contributed by atoms with van der Waals surface area (Å²) < 4.78 is 2.24. The molecular formula is C10H9ClCrN2. The molecule has 0 spiro atoms. The van der Waals surface area contributed by atoms with Crippen LogP contribution in [0.2, 0.25) is 0 Å². The molecule has 0 radical (unpaired) electrons. The molecule has 2 aromatic rings. The van der Waals surface area contributed by atoms with Gasteiger partial charge in [0.1, 0.15) is 0 Å². The van der Waals surface area contributed by atoms with Crippen LogP contribution in [0.3, 0.4) is 0 Å². The van der Waals surface area contributed by atoms with Crippen LogP contribution in [0.4, 0.5) is 0 Å². The second-order valence-corrected chi connectivity index (χ2v) is 4.06. The van der Waals surface area contributed by atoms with E-state index in [9.17, 15) is 0 Å². The van der Waals surface area contributed by atoms with Crippen molar-refractivity contribution < 1.29 is 15.2 Å². The molecule has 0 bridgehead atoms. The van der Waals surface area contributed by atoms with E-state index in [1.807, 2.05) is 48.8 Å². The number of rotatable bonds is 2. The van der Waals surface area contributed by atoms with Gasteiger partial charge in [-0.3, -0.25) is 0 Å². The summed E-state index contributed by atoms with van der Waals surface area (Å²) in [7, 11) is 0. The summed E-state index contributed by atoms with van der Waals surface area (Å²) in [5.41, 5.74) is 0. The zero-order chi connectivity index (χ0) is 8.93. The van der Waals surface area contributed by atoms with Crippen molar-refractivity contribution in [2.75, 3.05) is 0 Å². The van der Waals surface area contributed by atoms with Gasteiger partial charge in [0.2, 0.25) is 0 Å². The summed E-state index contributed by atoms with van der Waals surface area (Å²) in [6.07, 6.45) is 3.64. The molecule has 0 fully saturated rings. The number of aromatic nitrogens is 2. The fraction of sp³-hybridized carbons (Fsp3) is 0. The van der Waals surface area contributed by atoms with E-state index in [4.69, 9.17) is 0 Å². The Labute approximate surface area is 95.5 Å². The Morgan fingerprint density at radius 1 is 0.786 bits per heavy atom. The van der Waals surface area contributed by atoms with Crippen LogP contribution in [0.15, 0.2) is 48.8 Å². The average molecular weight is 245 g/mol. The summed E-state index contributed by atoms with van der Waals surface area (Å²) >= 11 is 0.239. The number of nitrogens with zero attached hydrogens (tertiary/aromatic N) is 2. The number of hydrogen-bond acceptors (Lipinski definition) is 2. The first-order valence-electron chi connectivity index (χ1n) is 3.95. The molecule has 0 N–H and O–H groups in total. The second-order valence-electron chi connectivity index (χ2n) is 2.44. The van der Waals surface area contributed by atoms with Crippen molar-refractivity contribution in [2.45, 2.75) is 0 Å². The van der Waals surface area contributed by atoms with Gasteiger partial charge < -0.3 is 0 Å². The van der Waals surface area contributed by atoms with Gasteiger partial charge in [0.15, 0.2) is 0 Å². The van der Waals surface area contributed by atoms with Crippen molar-refractivity contribution in [3.63, 3.8) is 0 Å². The first-order valence-corrected chi connectivity index (χ1v) is 5.22. The van der Waals surface area contributed by atoms with Crippen LogP contribution < -0.4 is 9.11 Å². The number of halogens is 1. The molecule has 0 aliphatic heterocycles. The van der Waals surface area contributed by atoms with Crippen molar-refractivity contribution in [2.24, 2.45) is 0 Å². The molecule has 0 aliphatic rings. The predicted octanol–water partition coefficient (Wildman–Crippen LogP) is 0.932. The molecule has 0 amide bonds. The van der Waals surface area contributed by atoms with E-state index < -0.39 is 0 Å². The van der Waals surface area contributed by atoms with Crippen LogP contribution in [0.5, 0.6) is 0 Å². The summed E-state index contributed by atoms with van der Waals surface area (Å²) in [6.45, 7) is 0.